The lowest BCUT2D eigenvalue weighted by molar-refractivity contribution is -0.137. The maximum Gasteiger partial charge on any atom is 0.416 e. The standard InChI is InChI=1S/C18H14Cl2F3N3/c1-4-5-12(10(2)3)13-9-26(25-16(13)8-24)17-14(19)6-11(7-15(17)20)18(21,22)23/h4-7,9H,1-3H3/b5-4-. The first kappa shape index (κ1) is 20.1. The van der Waals surface area contributed by atoms with Gasteiger partial charge in [-0.05, 0) is 38.5 Å². The van der Waals surface area contributed by atoms with Crippen LogP contribution in [0.4, 0.5) is 13.2 Å². The molecule has 136 valence electrons. The Labute approximate surface area is 158 Å². The van der Waals surface area contributed by atoms with Crippen LogP contribution in [0, 0.1) is 11.3 Å². The number of alkyl halides is 3. The minimum Gasteiger partial charge on any atom is -0.236 e. The van der Waals surface area contributed by atoms with Gasteiger partial charge < -0.3 is 0 Å². The predicted molar refractivity (Wildman–Crippen MR) is 96.4 cm³/mol. The first-order chi connectivity index (χ1) is 12.1. The van der Waals surface area contributed by atoms with Crippen molar-refractivity contribution in [1.29, 1.82) is 5.26 Å². The Morgan fingerprint density at radius 1 is 1.23 bits per heavy atom. The average molecular weight is 400 g/mol. The Morgan fingerprint density at radius 2 is 1.81 bits per heavy atom. The molecule has 2 aromatic rings. The third-order valence-electron chi connectivity index (χ3n) is 3.56. The minimum atomic E-state index is -4.57. The van der Waals surface area contributed by atoms with Crippen LogP contribution in [0.5, 0.6) is 0 Å². The molecule has 1 aromatic carbocycles. The fraction of sp³-hybridized carbons (Fsp3) is 0.222. The number of rotatable bonds is 3. The lowest BCUT2D eigenvalue weighted by Crippen LogP contribution is -2.07. The Morgan fingerprint density at radius 3 is 2.23 bits per heavy atom. The number of nitrogens with zero attached hydrogens (tertiary/aromatic N) is 3. The summed E-state index contributed by atoms with van der Waals surface area (Å²) < 4.78 is 39.9. The maximum atomic E-state index is 12.9. The van der Waals surface area contributed by atoms with E-state index in [1.165, 1.54) is 10.9 Å². The zero-order valence-electron chi connectivity index (χ0n) is 14.1. The normalized spacial score (nSPS) is 11.7. The molecule has 26 heavy (non-hydrogen) atoms. The summed E-state index contributed by atoms with van der Waals surface area (Å²) in [7, 11) is 0. The van der Waals surface area contributed by atoms with Gasteiger partial charge in [0.05, 0.1) is 15.6 Å². The van der Waals surface area contributed by atoms with Gasteiger partial charge in [0.15, 0.2) is 5.69 Å². The monoisotopic (exact) mass is 399 g/mol. The van der Waals surface area contributed by atoms with Crippen molar-refractivity contribution in [1.82, 2.24) is 9.78 Å². The van der Waals surface area contributed by atoms with Crippen LogP contribution in [0.2, 0.25) is 10.0 Å². The van der Waals surface area contributed by atoms with Gasteiger partial charge in [0.1, 0.15) is 11.8 Å². The predicted octanol–water partition coefficient (Wildman–Crippen LogP) is 6.44. The Balaban J connectivity index is 2.69. The topological polar surface area (TPSA) is 41.6 Å². The fourth-order valence-electron chi connectivity index (χ4n) is 2.41. The molecule has 0 bridgehead atoms. The van der Waals surface area contributed by atoms with Gasteiger partial charge in [-0.15, -0.1) is 0 Å². The van der Waals surface area contributed by atoms with E-state index in [-0.39, 0.29) is 21.4 Å². The first-order valence-corrected chi connectivity index (χ1v) is 8.22. The third-order valence-corrected chi connectivity index (χ3v) is 4.13. The molecule has 1 heterocycles. The Kier molecular flexibility index (Phi) is 5.84. The van der Waals surface area contributed by atoms with E-state index in [0.29, 0.717) is 5.56 Å². The summed E-state index contributed by atoms with van der Waals surface area (Å²) in [6, 6.07) is 3.55. The van der Waals surface area contributed by atoms with Gasteiger partial charge >= 0.3 is 6.18 Å². The quantitative estimate of drug-likeness (QED) is 0.557. The van der Waals surface area contributed by atoms with Gasteiger partial charge in [-0.25, -0.2) is 4.68 Å². The molecule has 1 aromatic heterocycles. The van der Waals surface area contributed by atoms with Crippen LogP contribution >= 0.6 is 23.2 Å². The van der Waals surface area contributed by atoms with Crippen LogP contribution in [0.15, 0.2) is 36.1 Å². The van der Waals surface area contributed by atoms with E-state index in [2.05, 4.69) is 5.10 Å². The van der Waals surface area contributed by atoms with Crippen LogP contribution in [-0.2, 0) is 6.18 Å². The lowest BCUT2D eigenvalue weighted by Gasteiger charge is -2.12. The molecule has 3 nitrogen and oxygen atoms in total. The summed E-state index contributed by atoms with van der Waals surface area (Å²) >= 11 is 12.1. The number of halogens is 5. The Hall–Kier alpha value is -2.23. The molecule has 0 saturated heterocycles. The summed E-state index contributed by atoms with van der Waals surface area (Å²) in [6.45, 7) is 5.60. The highest BCUT2D eigenvalue weighted by Crippen LogP contribution is 2.38. The van der Waals surface area contributed by atoms with Crippen molar-refractivity contribution in [3.05, 3.63) is 62.9 Å². The smallest absolute Gasteiger partial charge is 0.236 e. The number of allylic oxidation sites excluding steroid dienone is 4. The van der Waals surface area contributed by atoms with Crippen LogP contribution in [0.25, 0.3) is 11.3 Å². The zero-order chi connectivity index (χ0) is 19.6. The van der Waals surface area contributed by atoms with E-state index >= 15 is 0 Å². The van der Waals surface area contributed by atoms with E-state index in [1.807, 2.05) is 39.0 Å². The molecule has 0 amide bonds. The minimum absolute atomic E-state index is 0.0812. The van der Waals surface area contributed by atoms with E-state index in [9.17, 15) is 18.4 Å². The van der Waals surface area contributed by atoms with Gasteiger partial charge in [0.25, 0.3) is 0 Å². The molecule has 0 aliphatic heterocycles. The van der Waals surface area contributed by atoms with E-state index in [0.717, 1.165) is 23.3 Å². The first-order valence-electron chi connectivity index (χ1n) is 7.47. The Bertz CT molecular complexity index is 921. The summed E-state index contributed by atoms with van der Waals surface area (Å²) in [4.78, 5) is 0. The molecule has 0 aliphatic carbocycles. The van der Waals surface area contributed by atoms with E-state index in [1.54, 1.807) is 0 Å². The van der Waals surface area contributed by atoms with Crippen molar-refractivity contribution in [3.8, 4) is 11.8 Å². The van der Waals surface area contributed by atoms with Crippen molar-refractivity contribution in [2.75, 3.05) is 0 Å². The number of benzene rings is 1. The SMILES string of the molecule is C/C=C\C(=C(C)C)c1cn(-c2c(Cl)cc(C(F)(F)F)cc2Cl)nc1C#N. The average Bonchev–Trinajstić information content (AvgIpc) is 2.94. The van der Waals surface area contributed by atoms with Crippen molar-refractivity contribution >= 4 is 28.8 Å². The van der Waals surface area contributed by atoms with Gasteiger partial charge in [-0.3, -0.25) is 0 Å². The highest BCUT2D eigenvalue weighted by atomic mass is 35.5. The molecule has 0 N–H and O–H groups in total. The number of aromatic nitrogens is 2. The van der Waals surface area contributed by atoms with Crippen LogP contribution in [0.1, 0.15) is 37.6 Å². The summed E-state index contributed by atoms with van der Waals surface area (Å²) in [5, 5.41) is 13.1. The van der Waals surface area contributed by atoms with Crippen molar-refractivity contribution in [3.63, 3.8) is 0 Å². The summed E-state index contributed by atoms with van der Waals surface area (Å²) in [5.74, 6) is 0. The number of nitriles is 1. The molecule has 0 fully saturated rings. The lowest BCUT2D eigenvalue weighted by atomic mass is 10.0. The molecule has 0 radical (unpaired) electrons. The second kappa shape index (κ2) is 7.56. The van der Waals surface area contributed by atoms with Gasteiger partial charge in [0.2, 0.25) is 0 Å². The number of hydrogen-bond acceptors (Lipinski definition) is 2. The van der Waals surface area contributed by atoms with Crippen LogP contribution < -0.4 is 0 Å². The maximum absolute atomic E-state index is 12.9. The highest BCUT2D eigenvalue weighted by molar-refractivity contribution is 6.37. The molecular weight excluding hydrogens is 386 g/mol. The van der Waals surface area contributed by atoms with E-state index in [4.69, 9.17) is 23.2 Å². The van der Waals surface area contributed by atoms with Crippen molar-refractivity contribution in [2.24, 2.45) is 0 Å². The van der Waals surface area contributed by atoms with Crippen LogP contribution in [-0.4, -0.2) is 9.78 Å². The molecule has 0 saturated carbocycles. The molecule has 0 unspecified atom stereocenters. The van der Waals surface area contributed by atoms with Crippen molar-refractivity contribution < 1.29 is 13.2 Å². The molecule has 2 rings (SSSR count). The molecule has 0 aliphatic rings. The largest absolute Gasteiger partial charge is 0.416 e. The second-order valence-electron chi connectivity index (χ2n) is 5.65. The van der Waals surface area contributed by atoms with Gasteiger partial charge in [-0.2, -0.15) is 23.5 Å². The molecular formula is C18H14Cl2F3N3. The fourth-order valence-corrected chi connectivity index (χ4v) is 3.07. The van der Waals surface area contributed by atoms with Gasteiger partial charge in [0, 0.05) is 11.8 Å². The third kappa shape index (κ3) is 3.95. The molecule has 0 spiro atoms. The second-order valence-corrected chi connectivity index (χ2v) is 6.46. The zero-order valence-corrected chi connectivity index (χ0v) is 15.6. The summed E-state index contributed by atoms with van der Waals surface area (Å²) in [6.07, 6.45) is 0.605. The van der Waals surface area contributed by atoms with Crippen molar-refractivity contribution in [2.45, 2.75) is 26.9 Å². The highest BCUT2D eigenvalue weighted by Gasteiger charge is 2.32. The van der Waals surface area contributed by atoms with E-state index < -0.39 is 11.7 Å². The summed E-state index contributed by atoms with van der Waals surface area (Å²) in [5.41, 5.74) is 1.52. The molecule has 0 atom stereocenters. The van der Waals surface area contributed by atoms with Gasteiger partial charge in [-0.1, -0.05) is 40.9 Å². The molecule has 8 heteroatoms. The van der Waals surface area contributed by atoms with Crippen LogP contribution in [0.3, 0.4) is 0 Å². The number of hydrogen-bond donors (Lipinski definition) is 0.